The first kappa shape index (κ1) is 15.9. The molecule has 0 aliphatic heterocycles. The Labute approximate surface area is 131 Å². The summed E-state index contributed by atoms with van der Waals surface area (Å²) in [7, 11) is 1.90. The number of ether oxygens (including phenoxy) is 1. The average molecular weight is 307 g/mol. The third kappa shape index (κ3) is 3.41. The second kappa shape index (κ2) is 6.52. The molecule has 21 heavy (non-hydrogen) atoms. The van der Waals surface area contributed by atoms with Gasteiger partial charge < -0.3 is 4.74 Å². The van der Waals surface area contributed by atoms with E-state index in [-0.39, 0.29) is 0 Å². The van der Waals surface area contributed by atoms with Crippen molar-refractivity contribution in [1.29, 1.82) is 0 Å². The molecule has 0 amide bonds. The van der Waals surface area contributed by atoms with Gasteiger partial charge in [-0.2, -0.15) is 5.10 Å². The molecule has 0 fully saturated rings. The molecule has 1 aromatic heterocycles. The van der Waals surface area contributed by atoms with Crippen LogP contribution < -0.4 is 4.74 Å². The molecule has 4 heteroatoms. The Morgan fingerprint density at radius 1 is 1.33 bits per heavy atom. The van der Waals surface area contributed by atoms with Crippen LogP contribution >= 0.6 is 11.6 Å². The van der Waals surface area contributed by atoms with Crippen LogP contribution in [0.15, 0.2) is 18.2 Å². The van der Waals surface area contributed by atoms with Crippen molar-refractivity contribution >= 4 is 11.6 Å². The summed E-state index contributed by atoms with van der Waals surface area (Å²) in [5, 5.41) is 5.13. The standard InChI is InChI=1S/C17H23ClN2O/c1-6-14-17(18)15(20(5)19-14)10-21-16-9-13(11(2)3)8-7-12(16)4/h7-9,11H,6,10H2,1-5H3. The molecule has 0 saturated heterocycles. The zero-order valence-corrected chi connectivity index (χ0v) is 14.2. The Bertz CT molecular complexity index is 632. The Kier molecular flexibility index (Phi) is 4.94. The van der Waals surface area contributed by atoms with Gasteiger partial charge in [0.05, 0.1) is 16.4 Å². The number of halogens is 1. The van der Waals surface area contributed by atoms with Crippen LogP contribution in [0.5, 0.6) is 5.75 Å². The molecule has 114 valence electrons. The summed E-state index contributed by atoms with van der Waals surface area (Å²) in [6, 6.07) is 6.37. The van der Waals surface area contributed by atoms with Crippen LogP contribution in [-0.4, -0.2) is 9.78 Å². The van der Waals surface area contributed by atoms with Crippen molar-refractivity contribution in [3.05, 3.63) is 45.7 Å². The lowest BCUT2D eigenvalue weighted by molar-refractivity contribution is 0.292. The SMILES string of the molecule is CCc1nn(C)c(COc2cc(C(C)C)ccc2C)c1Cl. The zero-order chi connectivity index (χ0) is 15.6. The van der Waals surface area contributed by atoms with E-state index in [4.69, 9.17) is 16.3 Å². The molecule has 0 spiro atoms. The van der Waals surface area contributed by atoms with Crippen LogP contribution in [0.4, 0.5) is 0 Å². The van der Waals surface area contributed by atoms with E-state index in [1.807, 2.05) is 11.7 Å². The second-order valence-electron chi connectivity index (χ2n) is 5.65. The van der Waals surface area contributed by atoms with Gasteiger partial charge >= 0.3 is 0 Å². The number of hydrogen-bond donors (Lipinski definition) is 0. The molecule has 0 aliphatic rings. The molecular weight excluding hydrogens is 284 g/mol. The van der Waals surface area contributed by atoms with Crippen LogP contribution in [0.2, 0.25) is 5.02 Å². The number of aryl methyl sites for hydroxylation is 3. The highest BCUT2D eigenvalue weighted by atomic mass is 35.5. The predicted octanol–water partition coefficient (Wildman–Crippen LogP) is 4.65. The molecule has 1 aromatic carbocycles. The minimum absolute atomic E-state index is 0.435. The Hall–Kier alpha value is -1.48. The van der Waals surface area contributed by atoms with Gasteiger partial charge in [-0.05, 0) is 36.5 Å². The lowest BCUT2D eigenvalue weighted by Crippen LogP contribution is -2.04. The summed E-state index contributed by atoms with van der Waals surface area (Å²) >= 11 is 6.35. The van der Waals surface area contributed by atoms with E-state index >= 15 is 0 Å². The van der Waals surface area contributed by atoms with Gasteiger partial charge in [0.1, 0.15) is 12.4 Å². The quantitative estimate of drug-likeness (QED) is 0.804. The molecule has 2 rings (SSSR count). The van der Waals surface area contributed by atoms with Gasteiger partial charge in [-0.15, -0.1) is 0 Å². The highest BCUT2D eigenvalue weighted by Gasteiger charge is 2.14. The lowest BCUT2D eigenvalue weighted by atomic mass is 10.0. The normalized spacial score (nSPS) is 11.2. The van der Waals surface area contributed by atoms with Gasteiger partial charge in [-0.1, -0.05) is 44.5 Å². The van der Waals surface area contributed by atoms with Gasteiger partial charge in [-0.25, -0.2) is 0 Å². The van der Waals surface area contributed by atoms with Gasteiger partial charge in [0.25, 0.3) is 0 Å². The third-order valence-electron chi connectivity index (χ3n) is 3.75. The lowest BCUT2D eigenvalue weighted by Gasteiger charge is -2.13. The van der Waals surface area contributed by atoms with Crippen molar-refractivity contribution in [2.45, 2.75) is 46.6 Å². The van der Waals surface area contributed by atoms with E-state index in [0.29, 0.717) is 12.5 Å². The van der Waals surface area contributed by atoms with Crippen molar-refractivity contribution in [1.82, 2.24) is 9.78 Å². The average Bonchev–Trinajstić information content (AvgIpc) is 2.72. The van der Waals surface area contributed by atoms with E-state index in [9.17, 15) is 0 Å². The number of aromatic nitrogens is 2. The molecular formula is C17H23ClN2O. The summed E-state index contributed by atoms with van der Waals surface area (Å²) in [6.45, 7) is 8.90. The maximum atomic E-state index is 6.35. The van der Waals surface area contributed by atoms with Crippen LogP contribution in [0.3, 0.4) is 0 Å². The molecule has 2 aromatic rings. The van der Waals surface area contributed by atoms with Gasteiger partial charge in [0.15, 0.2) is 0 Å². The fourth-order valence-corrected chi connectivity index (χ4v) is 2.60. The minimum atomic E-state index is 0.435. The van der Waals surface area contributed by atoms with Crippen molar-refractivity contribution < 1.29 is 4.74 Å². The van der Waals surface area contributed by atoms with Crippen LogP contribution in [0.1, 0.15) is 49.2 Å². The molecule has 0 radical (unpaired) electrons. The Balaban J connectivity index is 2.20. The molecule has 0 bridgehead atoms. The van der Waals surface area contributed by atoms with Crippen molar-refractivity contribution in [2.75, 3.05) is 0 Å². The number of nitrogens with zero attached hydrogens (tertiary/aromatic N) is 2. The number of rotatable bonds is 5. The summed E-state index contributed by atoms with van der Waals surface area (Å²) in [4.78, 5) is 0. The first-order valence-electron chi connectivity index (χ1n) is 7.37. The van der Waals surface area contributed by atoms with Gasteiger partial charge in [-0.3, -0.25) is 4.68 Å². The van der Waals surface area contributed by atoms with Gasteiger partial charge in [0, 0.05) is 7.05 Å². The Morgan fingerprint density at radius 2 is 2.05 bits per heavy atom. The molecule has 0 saturated carbocycles. The topological polar surface area (TPSA) is 27.1 Å². The van der Waals surface area contributed by atoms with E-state index < -0.39 is 0 Å². The molecule has 0 atom stereocenters. The minimum Gasteiger partial charge on any atom is -0.487 e. The molecule has 0 aliphatic carbocycles. The second-order valence-corrected chi connectivity index (χ2v) is 6.03. The smallest absolute Gasteiger partial charge is 0.131 e. The fraction of sp³-hybridized carbons (Fsp3) is 0.471. The molecule has 1 heterocycles. The van der Waals surface area contributed by atoms with E-state index in [2.05, 4.69) is 51.0 Å². The maximum absolute atomic E-state index is 6.35. The maximum Gasteiger partial charge on any atom is 0.131 e. The molecule has 0 unspecified atom stereocenters. The predicted molar refractivity (Wildman–Crippen MR) is 87.2 cm³/mol. The first-order valence-corrected chi connectivity index (χ1v) is 7.75. The zero-order valence-electron chi connectivity index (χ0n) is 13.4. The summed E-state index contributed by atoms with van der Waals surface area (Å²) in [5.41, 5.74) is 4.25. The van der Waals surface area contributed by atoms with Crippen molar-refractivity contribution in [3.63, 3.8) is 0 Å². The van der Waals surface area contributed by atoms with E-state index in [1.54, 1.807) is 0 Å². The third-order valence-corrected chi connectivity index (χ3v) is 4.18. The fourth-order valence-electron chi connectivity index (χ4n) is 2.25. The van der Waals surface area contributed by atoms with Crippen molar-refractivity contribution in [3.8, 4) is 5.75 Å². The van der Waals surface area contributed by atoms with Crippen LogP contribution in [-0.2, 0) is 20.1 Å². The van der Waals surface area contributed by atoms with Gasteiger partial charge in [0.2, 0.25) is 0 Å². The molecule has 3 nitrogen and oxygen atoms in total. The summed E-state index contributed by atoms with van der Waals surface area (Å²) < 4.78 is 7.80. The first-order chi connectivity index (χ1) is 9.93. The number of hydrogen-bond acceptors (Lipinski definition) is 2. The van der Waals surface area contributed by atoms with Crippen LogP contribution in [0, 0.1) is 6.92 Å². The summed E-state index contributed by atoms with van der Waals surface area (Å²) in [6.07, 6.45) is 0.828. The highest BCUT2D eigenvalue weighted by molar-refractivity contribution is 6.31. The number of benzene rings is 1. The summed E-state index contributed by atoms with van der Waals surface area (Å²) in [5.74, 6) is 1.40. The van der Waals surface area contributed by atoms with Crippen molar-refractivity contribution in [2.24, 2.45) is 7.05 Å². The van der Waals surface area contributed by atoms with Crippen LogP contribution in [0.25, 0.3) is 0 Å². The Morgan fingerprint density at radius 3 is 2.62 bits per heavy atom. The monoisotopic (exact) mass is 306 g/mol. The highest BCUT2D eigenvalue weighted by Crippen LogP contribution is 2.27. The molecule has 0 N–H and O–H groups in total. The largest absolute Gasteiger partial charge is 0.487 e. The van der Waals surface area contributed by atoms with E-state index in [1.165, 1.54) is 5.56 Å². The van der Waals surface area contributed by atoms with E-state index in [0.717, 1.165) is 34.1 Å².